The maximum absolute atomic E-state index is 9.68. The van der Waals surface area contributed by atoms with Crippen molar-refractivity contribution in [3.05, 3.63) is 59.7 Å². The summed E-state index contributed by atoms with van der Waals surface area (Å²) in [4.78, 5) is 0. The highest BCUT2D eigenvalue weighted by Gasteiger charge is 2.04. The van der Waals surface area contributed by atoms with Crippen molar-refractivity contribution in [1.82, 2.24) is 0 Å². The Hall–Kier alpha value is -2.22. The summed E-state index contributed by atoms with van der Waals surface area (Å²) in [5.74, 6) is 0.167. The molecule has 0 atom stereocenters. The van der Waals surface area contributed by atoms with Crippen LogP contribution in [0.4, 0.5) is 0 Å². The molecule has 2 rings (SSSR count). The van der Waals surface area contributed by atoms with Crippen LogP contribution < -0.4 is 0 Å². The van der Waals surface area contributed by atoms with Gasteiger partial charge in [0.2, 0.25) is 0 Å². The van der Waals surface area contributed by atoms with Gasteiger partial charge in [0, 0.05) is 0 Å². The Morgan fingerprint density at radius 3 is 2.06 bits per heavy atom. The number of hydrogen-bond donors (Lipinski definition) is 2. The van der Waals surface area contributed by atoms with Crippen LogP contribution >= 0.6 is 0 Å². The Kier molecular flexibility index (Phi) is 3.15. The quantitative estimate of drug-likeness (QED) is 0.767. The Bertz CT molecular complexity index is 522. The van der Waals surface area contributed by atoms with Crippen LogP contribution in [0.1, 0.15) is 18.1 Å². The minimum Gasteiger partial charge on any atom is -0.507 e. The highest BCUT2D eigenvalue weighted by Crippen LogP contribution is 2.30. The van der Waals surface area contributed by atoms with E-state index in [1.807, 2.05) is 37.3 Å². The van der Waals surface area contributed by atoms with Crippen LogP contribution in [0.15, 0.2) is 48.5 Å². The highest BCUT2D eigenvalue weighted by atomic mass is 16.3. The number of aromatic hydroxyl groups is 2. The molecule has 0 spiro atoms. The molecule has 0 saturated heterocycles. The summed E-state index contributed by atoms with van der Waals surface area (Å²) in [6, 6.07) is 14.6. The summed E-state index contributed by atoms with van der Waals surface area (Å²) in [5, 5.41) is 19.4. The summed E-state index contributed by atoms with van der Waals surface area (Å²) >= 11 is 0. The zero-order valence-electron chi connectivity index (χ0n) is 9.59. The molecule has 0 aliphatic heterocycles. The number of phenols is 2. The maximum Gasteiger partial charge on any atom is 0.126 e. The van der Waals surface area contributed by atoms with Gasteiger partial charge in [-0.1, -0.05) is 36.4 Å². The second-order valence-electron chi connectivity index (χ2n) is 3.90. The molecule has 0 unspecified atom stereocenters. The van der Waals surface area contributed by atoms with Gasteiger partial charge < -0.3 is 10.2 Å². The zero-order valence-corrected chi connectivity index (χ0v) is 9.59. The predicted octanol–water partition coefficient (Wildman–Crippen LogP) is 3.66. The molecule has 2 aromatic rings. The first-order valence-electron chi connectivity index (χ1n) is 5.43. The average Bonchev–Trinajstić information content (AvgIpc) is 2.35. The van der Waals surface area contributed by atoms with Crippen molar-refractivity contribution in [2.75, 3.05) is 0 Å². The lowest BCUT2D eigenvalue weighted by Gasteiger charge is -2.05. The Balaban J connectivity index is 2.43. The van der Waals surface area contributed by atoms with Crippen LogP contribution in [0, 0.1) is 0 Å². The van der Waals surface area contributed by atoms with Gasteiger partial charge in [-0.05, 0) is 36.3 Å². The highest BCUT2D eigenvalue weighted by molar-refractivity contribution is 5.83. The van der Waals surface area contributed by atoms with Crippen molar-refractivity contribution in [2.45, 2.75) is 6.92 Å². The van der Waals surface area contributed by atoms with Crippen LogP contribution in [0.5, 0.6) is 11.5 Å². The minimum atomic E-state index is 0.0836. The smallest absolute Gasteiger partial charge is 0.126 e. The summed E-state index contributed by atoms with van der Waals surface area (Å²) in [6.45, 7) is 1.95. The van der Waals surface area contributed by atoms with Gasteiger partial charge >= 0.3 is 0 Å². The number of allylic oxidation sites excluding steroid dienone is 1. The lowest BCUT2D eigenvalue weighted by molar-refractivity contribution is 0.448. The first kappa shape index (κ1) is 11.3. The van der Waals surface area contributed by atoms with Crippen molar-refractivity contribution in [1.29, 1.82) is 0 Å². The number of benzene rings is 2. The van der Waals surface area contributed by atoms with Gasteiger partial charge in [-0.25, -0.2) is 0 Å². The van der Waals surface area contributed by atoms with E-state index in [9.17, 15) is 10.2 Å². The summed E-state index contributed by atoms with van der Waals surface area (Å²) in [7, 11) is 0. The molecule has 2 aromatic carbocycles. The van der Waals surface area contributed by atoms with E-state index in [4.69, 9.17) is 0 Å². The predicted molar refractivity (Wildman–Crippen MR) is 69.8 cm³/mol. The van der Waals surface area contributed by atoms with Crippen molar-refractivity contribution in [2.24, 2.45) is 0 Å². The molecular weight excluding hydrogens is 212 g/mol. The van der Waals surface area contributed by atoms with Crippen LogP contribution in [0.3, 0.4) is 0 Å². The Morgan fingerprint density at radius 1 is 0.882 bits per heavy atom. The molecule has 0 saturated carbocycles. The first-order valence-corrected chi connectivity index (χ1v) is 5.43. The van der Waals surface area contributed by atoms with Crippen LogP contribution in [-0.2, 0) is 0 Å². The topological polar surface area (TPSA) is 40.5 Å². The summed E-state index contributed by atoms with van der Waals surface area (Å²) in [5.41, 5.74) is 2.51. The number of hydrogen-bond acceptors (Lipinski definition) is 2. The summed E-state index contributed by atoms with van der Waals surface area (Å²) in [6.07, 6.45) is 1.78. The number of rotatable bonds is 2. The van der Waals surface area contributed by atoms with Gasteiger partial charge in [-0.15, -0.1) is 0 Å². The van der Waals surface area contributed by atoms with E-state index in [0.717, 1.165) is 11.1 Å². The lowest BCUT2D eigenvalue weighted by atomic mass is 10.0. The molecule has 0 bridgehead atoms. The molecule has 2 nitrogen and oxygen atoms in total. The van der Waals surface area contributed by atoms with Gasteiger partial charge in [-0.3, -0.25) is 0 Å². The molecule has 0 aromatic heterocycles. The third-order valence-corrected chi connectivity index (χ3v) is 2.65. The second kappa shape index (κ2) is 4.74. The van der Waals surface area contributed by atoms with E-state index < -0.39 is 0 Å². The molecule has 17 heavy (non-hydrogen) atoms. The van der Waals surface area contributed by atoms with Crippen molar-refractivity contribution < 1.29 is 10.2 Å². The van der Waals surface area contributed by atoms with E-state index in [1.165, 1.54) is 0 Å². The molecule has 0 heterocycles. The zero-order chi connectivity index (χ0) is 12.3. The Morgan fingerprint density at radius 2 is 1.47 bits per heavy atom. The largest absolute Gasteiger partial charge is 0.507 e. The molecule has 2 heteroatoms. The molecule has 0 aliphatic rings. The molecule has 2 N–H and O–H groups in total. The van der Waals surface area contributed by atoms with E-state index in [-0.39, 0.29) is 11.5 Å². The van der Waals surface area contributed by atoms with E-state index in [1.54, 1.807) is 24.3 Å². The molecule has 0 radical (unpaired) electrons. The first-order chi connectivity index (χ1) is 8.18. The van der Waals surface area contributed by atoms with Gasteiger partial charge in [0.05, 0.1) is 5.56 Å². The van der Waals surface area contributed by atoms with Crippen LogP contribution in [0.2, 0.25) is 0 Å². The van der Waals surface area contributed by atoms with E-state index in [0.29, 0.717) is 5.56 Å². The molecule has 86 valence electrons. The normalized spacial score (nSPS) is 11.5. The van der Waals surface area contributed by atoms with Crippen LogP contribution in [-0.4, -0.2) is 10.2 Å². The maximum atomic E-state index is 9.68. The van der Waals surface area contributed by atoms with Crippen molar-refractivity contribution in [3.63, 3.8) is 0 Å². The molecular formula is C15H14O2. The SMILES string of the molecule is CC(=Cc1c(O)cccc1O)c1ccccc1. The fourth-order valence-electron chi connectivity index (χ4n) is 1.69. The standard InChI is InChI=1S/C15H14O2/c1-11(12-6-3-2-4-7-12)10-13-14(16)8-5-9-15(13)17/h2-10,16-17H,1H3. The van der Waals surface area contributed by atoms with Gasteiger partial charge in [0.25, 0.3) is 0 Å². The molecule has 0 fully saturated rings. The van der Waals surface area contributed by atoms with Gasteiger partial charge in [0.15, 0.2) is 0 Å². The van der Waals surface area contributed by atoms with Crippen molar-refractivity contribution in [3.8, 4) is 11.5 Å². The minimum absolute atomic E-state index is 0.0836. The summed E-state index contributed by atoms with van der Waals surface area (Å²) < 4.78 is 0. The average molecular weight is 226 g/mol. The second-order valence-corrected chi connectivity index (χ2v) is 3.90. The van der Waals surface area contributed by atoms with Gasteiger partial charge in [-0.2, -0.15) is 0 Å². The van der Waals surface area contributed by atoms with Crippen LogP contribution in [0.25, 0.3) is 11.6 Å². The fourth-order valence-corrected chi connectivity index (χ4v) is 1.69. The molecule has 0 amide bonds. The third kappa shape index (κ3) is 2.48. The molecule has 0 aliphatic carbocycles. The van der Waals surface area contributed by atoms with Gasteiger partial charge in [0.1, 0.15) is 11.5 Å². The lowest BCUT2D eigenvalue weighted by Crippen LogP contribution is -1.81. The van der Waals surface area contributed by atoms with Crippen molar-refractivity contribution >= 4 is 11.6 Å². The Labute approximate surface area is 100 Å². The van der Waals surface area contributed by atoms with E-state index >= 15 is 0 Å². The number of phenolic OH excluding ortho intramolecular Hbond substituents is 2. The fraction of sp³-hybridized carbons (Fsp3) is 0.0667. The monoisotopic (exact) mass is 226 g/mol. The third-order valence-electron chi connectivity index (χ3n) is 2.65. The van der Waals surface area contributed by atoms with E-state index in [2.05, 4.69) is 0 Å².